The van der Waals surface area contributed by atoms with Gasteiger partial charge in [-0.05, 0) is 47.0 Å². The molecule has 0 amide bonds. The first-order valence-electron chi connectivity index (χ1n) is 22.0. The number of aliphatic hydroxyl groups is 2. The van der Waals surface area contributed by atoms with Crippen molar-refractivity contribution < 1.29 is 67.7 Å². The molecule has 16 nitrogen and oxygen atoms in total. The van der Waals surface area contributed by atoms with E-state index >= 15 is 0 Å². The summed E-state index contributed by atoms with van der Waals surface area (Å²) < 4.78 is 41.8. The van der Waals surface area contributed by atoms with Crippen LogP contribution in [0.3, 0.4) is 0 Å². The van der Waals surface area contributed by atoms with Gasteiger partial charge in [0.15, 0.2) is 24.6 Å². The fourth-order valence-corrected chi connectivity index (χ4v) is 8.65. The number of aromatic hydroxyl groups is 1. The summed E-state index contributed by atoms with van der Waals surface area (Å²) in [4.78, 5) is 50.8. The summed E-state index contributed by atoms with van der Waals surface area (Å²) >= 11 is 5.74. The summed E-state index contributed by atoms with van der Waals surface area (Å²) in [6.07, 6.45) is -8.50. The third kappa shape index (κ3) is 14.1. The largest absolute Gasteiger partial charge is 0.508 e. The first-order valence-corrected chi connectivity index (χ1v) is 22.4. The van der Waals surface area contributed by atoms with Gasteiger partial charge < -0.3 is 58.7 Å². The van der Waals surface area contributed by atoms with Crippen LogP contribution in [0.25, 0.3) is 0 Å². The molecule has 0 saturated carbocycles. The monoisotopic (exact) mass is 942 g/mol. The van der Waals surface area contributed by atoms with Crippen molar-refractivity contribution in [2.45, 2.75) is 108 Å². The number of hydrogen-bond donors (Lipinski definition) is 4. The van der Waals surface area contributed by atoms with Crippen LogP contribution in [0.15, 0.2) is 103 Å². The zero-order valence-electron chi connectivity index (χ0n) is 38.0. The Balaban J connectivity index is 1.20. The quantitative estimate of drug-likeness (QED) is 0.0558. The van der Waals surface area contributed by atoms with Crippen LogP contribution >= 0.6 is 12.2 Å². The maximum Gasteiger partial charge on any atom is 0.303 e. The standard InChI is InChI=1S/C50H58N2O14S/c1-29(54)60-28-43-48(62-31(3)56)49(63-32(4)57)47(61-30(2)55)41(64-43)23-44(67)51-24-33-14-20-37(21-15-33)50-65-42(26-52(5)25-40(59)38-12-9-13-39(58)22-38)45(35-10-7-6-8-11-35)46(66-50)36-18-16-34(27-53)17-19-36/h6-22,40-43,45-50,53,58-59H,23-28H2,1-5H3,(H,51,67)/t40-,41+,42-,43-,45-,46+,47+,48-,49-,50?/m1/s1. The molecule has 2 heterocycles. The minimum absolute atomic E-state index is 0.0137. The van der Waals surface area contributed by atoms with Crippen LogP contribution in [0.4, 0.5) is 0 Å². The number of nitrogens with zero attached hydrogens (tertiary/aromatic N) is 1. The molecule has 0 spiro atoms. The molecule has 2 aliphatic heterocycles. The predicted octanol–water partition coefficient (Wildman–Crippen LogP) is 5.42. The number of hydrogen-bond acceptors (Lipinski definition) is 16. The maximum atomic E-state index is 12.3. The van der Waals surface area contributed by atoms with Crippen LogP contribution in [-0.2, 0) is 65.5 Å². The highest BCUT2D eigenvalue weighted by Crippen LogP contribution is 2.47. The second kappa shape index (κ2) is 23.8. The van der Waals surface area contributed by atoms with Crippen molar-refractivity contribution in [3.05, 3.63) is 137 Å². The van der Waals surface area contributed by atoms with Gasteiger partial charge in [-0.25, -0.2) is 0 Å². The summed E-state index contributed by atoms with van der Waals surface area (Å²) in [7, 11) is 1.91. The number of phenolic OH excluding ortho intramolecular Hbond substituents is 1. The van der Waals surface area contributed by atoms with Crippen LogP contribution in [0, 0.1) is 0 Å². The fourth-order valence-electron chi connectivity index (χ4n) is 8.41. The van der Waals surface area contributed by atoms with Gasteiger partial charge in [0, 0.05) is 65.2 Å². The summed E-state index contributed by atoms with van der Waals surface area (Å²) in [6, 6.07) is 31.9. The topological polar surface area (TPSA) is 209 Å². The molecule has 6 rings (SSSR count). The van der Waals surface area contributed by atoms with E-state index in [1.54, 1.807) is 24.3 Å². The van der Waals surface area contributed by atoms with E-state index < -0.39 is 79.0 Å². The summed E-state index contributed by atoms with van der Waals surface area (Å²) in [5, 5.41) is 34.2. The zero-order chi connectivity index (χ0) is 48.2. The van der Waals surface area contributed by atoms with Gasteiger partial charge in [-0.15, -0.1) is 0 Å². The third-order valence-electron chi connectivity index (χ3n) is 11.4. The van der Waals surface area contributed by atoms with E-state index in [1.807, 2.05) is 90.8 Å². The van der Waals surface area contributed by atoms with Crippen molar-refractivity contribution >= 4 is 41.1 Å². The third-order valence-corrected chi connectivity index (χ3v) is 11.7. The number of likely N-dealkylation sites (N-methyl/N-ethyl adjacent to an activating group) is 1. The van der Waals surface area contributed by atoms with Crippen LogP contribution in [0.2, 0.25) is 0 Å². The van der Waals surface area contributed by atoms with Gasteiger partial charge in [-0.2, -0.15) is 0 Å². The molecule has 0 radical (unpaired) electrons. The van der Waals surface area contributed by atoms with E-state index in [1.165, 1.54) is 13.8 Å². The van der Waals surface area contributed by atoms with Gasteiger partial charge in [0.1, 0.15) is 24.6 Å². The molecule has 17 heteroatoms. The van der Waals surface area contributed by atoms with Crippen molar-refractivity contribution in [3.8, 4) is 5.75 Å². The summed E-state index contributed by atoms with van der Waals surface area (Å²) in [5.41, 5.74) is 4.86. The van der Waals surface area contributed by atoms with Crippen LogP contribution in [-0.4, -0.2) is 112 Å². The van der Waals surface area contributed by atoms with Gasteiger partial charge in [0.05, 0.1) is 29.9 Å². The fraction of sp³-hybridized carbons (Fsp3) is 0.420. The summed E-state index contributed by atoms with van der Waals surface area (Å²) in [5.74, 6) is -2.98. The Hall–Kier alpha value is -5.79. The van der Waals surface area contributed by atoms with Crippen molar-refractivity contribution in [2.75, 3.05) is 26.7 Å². The van der Waals surface area contributed by atoms with Crippen LogP contribution < -0.4 is 5.32 Å². The SMILES string of the molecule is CC(=O)OC[C@H]1O[C@@H](CC(=S)NCc2ccc(C3O[C@H](CN(C)C[C@@H](O)c4cccc(O)c4)[C@@H](c4ccccc4)[C@H](c4ccc(CO)cc4)O3)cc2)[C@H](OC(C)=O)[C@@H](OC(C)=O)[C@@H]1OC(C)=O. The molecule has 2 aliphatic rings. The maximum absolute atomic E-state index is 12.3. The predicted molar refractivity (Wildman–Crippen MR) is 246 cm³/mol. The van der Waals surface area contributed by atoms with Crippen molar-refractivity contribution in [1.29, 1.82) is 0 Å². The first kappa shape index (κ1) is 50.6. The Morgan fingerprint density at radius 3 is 1.93 bits per heavy atom. The molecule has 0 aromatic heterocycles. The molecule has 0 bridgehead atoms. The molecule has 1 unspecified atom stereocenters. The number of nitrogens with one attached hydrogen (secondary N) is 1. The molecule has 4 aromatic carbocycles. The lowest BCUT2D eigenvalue weighted by molar-refractivity contribution is -0.263. The molecule has 4 aromatic rings. The second-order valence-electron chi connectivity index (χ2n) is 16.7. The zero-order valence-corrected chi connectivity index (χ0v) is 38.8. The highest BCUT2D eigenvalue weighted by molar-refractivity contribution is 7.80. The normalized spacial score (nSPS) is 24.2. The lowest BCUT2D eigenvalue weighted by atomic mass is 9.83. The Morgan fingerprint density at radius 2 is 1.31 bits per heavy atom. The summed E-state index contributed by atoms with van der Waals surface area (Å²) in [6.45, 7) is 5.22. The average molecular weight is 943 g/mol. The molecule has 4 N–H and O–H groups in total. The Morgan fingerprint density at radius 1 is 0.701 bits per heavy atom. The molecular formula is C50H58N2O14S. The number of ether oxygens (including phenoxy) is 7. The molecule has 2 saturated heterocycles. The molecule has 358 valence electrons. The van der Waals surface area contributed by atoms with Crippen LogP contribution in [0.1, 0.15) is 91.9 Å². The smallest absolute Gasteiger partial charge is 0.303 e. The van der Waals surface area contributed by atoms with Crippen molar-refractivity contribution in [1.82, 2.24) is 10.2 Å². The van der Waals surface area contributed by atoms with Crippen LogP contribution in [0.5, 0.6) is 5.75 Å². The average Bonchev–Trinajstić information content (AvgIpc) is 3.29. The van der Waals surface area contributed by atoms with Crippen molar-refractivity contribution in [3.63, 3.8) is 0 Å². The van der Waals surface area contributed by atoms with Gasteiger partial charge in [0.2, 0.25) is 0 Å². The van der Waals surface area contributed by atoms with Crippen molar-refractivity contribution in [2.24, 2.45) is 0 Å². The van der Waals surface area contributed by atoms with Gasteiger partial charge in [-0.1, -0.05) is 103 Å². The number of phenols is 1. The highest BCUT2D eigenvalue weighted by Gasteiger charge is 2.52. The molecule has 0 aliphatic carbocycles. The van der Waals surface area contributed by atoms with E-state index in [9.17, 15) is 34.5 Å². The van der Waals surface area contributed by atoms with Gasteiger partial charge in [0.25, 0.3) is 0 Å². The number of thiocarbonyl (C=S) groups is 1. The first-order chi connectivity index (χ1) is 32.1. The highest BCUT2D eigenvalue weighted by atomic mass is 32.1. The minimum Gasteiger partial charge on any atom is -0.508 e. The molecule has 10 atom stereocenters. The second-order valence-corrected chi connectivity index (χ2v) is 17.2. The number of benzene rings is 4. The van der Waals surface area contributed by atoms with Gasteiger partial charge >= 0.3 is 23.9 Å². The number of aliphatic hydroxyl groups excluding tert-OH is 2. The number of carbonyl (C=O) groups is 4. The van der Waals surface area contributed by atoms with E-state index in [-0.39, 0.29) is 44.4 Å². The molecule has 2 fully saturated rings. The van der Waals surface area contributed by atoms with E-state index in [2.05, 4.69) is 5.32 Å². The Bertz CT molecular complexity index is 2300. The lowest BCUT2D eigenvalue weighted by Gasteiger charge is -2.44. The number of rotatable bonds is 18. The van der Waals surface area contributed by atoms with E-state index in [4.69, 9.17) is 45.4 Å². The minimum atomic E-state index is -1.30. The van der Waals surface area contributed by atoms with Gasteiger partial charge in [-0.3, -0.25) is 19.2 Å². The number of carbonyl (C=O) groups excluding carboxylic acids is 4. The Labute approximate surface area is 395 Å². The van der Waals surface area contributed by atoms with E-state index in [0.29, 0.717) is 17.1 Å². The Kier molecular flexibility index (Phi) is 18.0. The number of esters is 4. The molecule has 67 heavy (non-hydrogen) atoms. The molecular weight excluding hydrogens is 885 g/mol. The van der Waals surface area contributed by atoms with E-state index in [0.717, 1.165) is 41.7 Å². The lowest BCUT2D eigenvalue weighted by Crippen LogP contribution is -2.62.